The minimum absolute atomic E-state index is 0.00463. The van der Waals surface area contributed by atoms with Gasteiger partial charge in [0.15, 0.2) is 5.84 Å². The maximum absolute atomic E-state index is 8.66. The zero-order valence-corrected chi connectivity index (χ0v) is 12.4. The van der Waals surface area contributed by atoms with Crippen LogP contribution in [0.15, 0.2) is 23.4 Å². The number of benzene rings is 1. The Balaban J connectivity index is 1.99. The lowest BCUT2D eigenvalue weighted by atomic mass is 9.86. The highest BCUT2D eigenvalue weighted by Crippen LogP contribution is 2.30. The Morgan fingerprint density at radius 3 is 2.65 bits per heavy atom. The van der Waals surface area contributed by atoms with Gasteiger partial charge in [0.05, 0.1) is 11.1 Å². The van der Waals surface area contributed by atoms with Crippen molar-refractivity contribution in [2.75, 3.05) is 0 Å². The second kappa shape index (κ2) is 6.84. The third-order valence-corrected chi connectivity index (χ3v) is 4.31. The van der Waals surface area contributed by atoms with E-state index in [9.17, 15) is 0 Å². The molecule has 3 N–H and O–H groups in total. The summed E-state index contributed by atoms with van der Waals surface area (Å²) < 4.78 is 5.97. The van der Waals surface area contributed by atoms with E-state index in [0.29, 0.717) is 10.6 Å². The Bertz CT molecular complexity index is 483. The summed E-state index contributed by atoms with van der Waals surface area (Å²) in [5, 5.41) is 12.0. The van der Waals surface area contributed by atoms with Crippen LogP contribution >= 0.6 is 11.6 Å². The molecule has 0 spiro atoms. The predicted octanol–water partition coefficient (Wildman–Crippen LogP) is 3.78. The SMILES string of the molecule is CCC1CCC(Oc2ccc(/C(N)=N/O)c(Cl)c2)CC1. The minimum Gasteiger partial charge on any atom is -0.490 e. The monoisotopic (exact) mass is 296 g/mol. The van der Waals surface area contributed by atoms with E-state index in [2.05, 4.69) is 12.1 Å². The molecule has 1 aromatic carbocycles. The zero-order chi connectivity index (χ0) is 14.5. The molecule has 1 saturated carbocycles. The van der Waals surface area contributed by atoms with Crippen LogP contribution in [0.2, 0.25) is 5.02 Å². The van der Waals surface area contributed by atoms with E-state index in [1.165, 1.54) is 19.3 Å². The van der Waals surface area contributed by atoms with Crippen LogP contribution in [0.4, 0.5) is 0 Å². The van der Waals surface area contributed by atoms with E-state index in [4.69, 9.17) is 27.3 Å². The van der Waals surface area contributed by atoms with Gasteiger partial charge in [0.25, 0.3) is 0 Å². The predicted molar refractivity (Wildman–Crippen MR) is 80.6 cm³/mol. The van der Waals surface area contributed by atoms with Crippen molar-refractivity contribution in [2.24, 2.45) is 16.8 Å². The number of nitrogens with two attached hydrogens (primary N) is 1. The summed E-state index contributed by atoms with van der Waals surface area (Å²) in [6.07, 6.45) is 6.18. The van der Waals surface area contributed by atoms with Crippen molar-refractivity contribution in [1.29, 1.82) is 0 Å². The molecule has 0 saturated heterocycles. The topological polar surface area (TPSA) is 67.8 Å². The molecule has 5 heteroatoms. The van der Waals surface area contributed by atoms with Crippen molar-refractivity contribution >= 4 is 17.4 Å². The van der Waals surface area contributed by atoms with Crippen molar-refractivity contribution in [1.82, 2.24) is 0 Å². The molecule has 1 aromatic rings. The van der Waals surface area contributed by atoms with E-state index in [1.54, 1.807) is 12.1 Å². The number of hydrogen-bond donors (Lipinski definition) is 2. The van der Waals surface area contributed by atoms with Crippen LogP contribution in [0, 0.1) is 5.92 Å². The fourth-order valence-electron chi connectivity index (χ4n) is 2.68. The van der Waals surface area contributed by atoms with Gasteiger partial charge in [-0.05, 0) is 49.8 Å². The van der Waals surface area contributed by atoms with Crippen molar-refractivity contribution in [3.8, 4) is 5.75 Å². The van der Waals surface area contributed by atoms with Crippen LogP contribution in [0.3, 0.4) is 0 Å². The molecule has 0 bridgehead atoms. The van der Waals surface area contributed by atoms with Gasteiger partial charge >= 0.3 is 0 Å². The smallest absolute Gasteiger partial charge is 0.171 e. The molecule has 20 heavy (non-hydrogen) atoms. The van der Waals surface area contributed by atoms with E-state index in [0.717, 1.165) is 24.5 Å². The van der Waals surface area contributed by atoms with Crippen LogP contribution in [-0.4, -0.2) is 17.1 Å². The fourth-order valence-corrected chi connectivity index (χ4v) is 2.95. The Morgan fingerprint density at radius 2 is 2.10 bits per heavy atom. The largest absolute Gasteiger partial charge is 0.490 e. The lowest BCUT2D eigenvalue weighted by molar-refractivity contribution is 0.130. The highest BCUT2D eigenvalue weighted by atomic mass is 35.5. The summed E-state index contributed by atoms with van der Waals surface area (Å²) >= 11 is 6.11. The second-order valence-corrected chi connectivity index (χ2v) is 5.70. The number of nitrogens with zero attached hydrogens (tertiary/aromatic N) is 1. The van der Waals surface area contributed by atoms with Gasteiger partial charge in [0.1, 0.15) is 5.75 Å². The third kappa shape index (κ3) is 3.57. The summed E-state index contributed by atoms with van der Waals surface area (Å²) in [5.74, 6) is 1.59. The quantitative estimate of drug-likeness (QED) is 0.384. The first-order valence-corrected chi connectivity index (χ1v) is 7.46. The molecule has 0 radical (unpaired) electrons. The van der Waals surface area contributed by atoms with Crippen molar-refractivity contribution in [2.45, 2.75) is 45.1 Å². The van der Waals surface area contributed by atoms with Crippen molar-refractivity contribution < 1.29 is 9.94 Å². The molecule has 0 amide bonds. The second-order valence-electron chi connectivity index (χ2n) is 5.30. The van der Waals surface area contributed by atoms with Crippen LogP contribution in [0.25, 0.3) is 0 Å². The molecule has 4 nitrogen and oxygen atoms in total. The highest BCUT2D eigenvalue weighted by Gasteiger charge is 2.21. The van der Waals surface area contributed by atoms with Gasteiger partial charge < -0.3 is 15.7 Å². The molecule has 1 aliphatic rings. The average molecular weight is 297 g/mol. The zero-order valence-electron chi connectivity index (χ0n) is 11.7. The number of ether oxygens (including phenoxy) is 1. The summed E-state index contributed by atoms with van der Waals surface area (Å²) in [5.41, 5.74) is 6.05. The standard InChI is InChI=1S/C15H21ClN2O2/c1-2-10-3-5-11(6-4-10)20-12-7-8-13(14(16)9-12)15(17)18-19/h7-11,19H,2-6H2,1H3,(H2,17,18). The summed E-state index contributed by atoms with van der Waals surface area (Å²) in [7, 11) is 0. The molecule has 0 aromatic heterocycles. The Hall–Kier alpha value is -1.42. The molecule has 0 atom stereocenters. The normalized spacial score (nSPS) is 23.6. The summed E-state index contributed by atoms with van der Waals surface area (Å²) in [6, 6.07) is 5.25. The van der Waals surface area contributed by atoms with E-state index in [1.807, 2.05) is 6.07 Å². The van der Waals surface area contributed by atoms with Gasteiger partial charge in [0.2, 0.25) is 0 Å². The highest BCUT2D eigenvalue weighted by molar-refractivity contribution is 6.34. The molecule has 110 valence electrons. The molecule has 0 unspecified atom stereocenters. The molecule has 1 aliphatic carbocycles. The average Bonchev–Trinajstić information content (AvgIpc) is 2.47. The van der Waals surface area contributed by atoms with Gasteiger partial charge in [-0.3, -0.25) is 0 Å². The van der Waals surface area contributed by atoms with Crippen LogP contribution in [-0.2, 0) is 0 Å². The summed E-state index contributed by atoms with van der Waals surface area (Å²) in [6.45, 7) is 2.25. The maximum Gasteiger partial charge on any atom is 0.171 e. The maximum atomic E-state index is 8.66. The van der Waals surface area contributed by atoms with Gasteiger partial charge in [0, 0.05) is 5.56 Å². The van der Waals surface area contributed by atoms with Crippen LogP contribution in [0.1, 0.15) is 44.6 Å². The van der Waals surface area contributed by atoms with Gasteiger partial charge in [-0.25, -0.2) is 0 Å². The lowest BCUT2D eigenvalue weighted by Gasteiger charge is -2.28. The Labute approximate surface area is 124 Å². The van der Waals surface area contributed by atoms with E-state index in [-0.39, 0.29) is 11.9 Å². The first-order chi connectivity index (χ1) is 9.63. The number of amidine groups is 1. The van der Waals surface area contributed by atoms with Crippen LogP contribution < -0.4 is 10.5 Å². The number of rotatable bonds is 4. The Morgan fingerprint density at radius 1 is 1.40 bits per heavy atom. The van der Waals surface area contributed by atoms with Crippen LogP contribution in [0.5, 0.6) is 5.75 Å². The molecule has 0 aliphatic heterocycles. The molecule has 2 rings (SSSR count). The van der Waals surface area contributed by atoms with Crippen molar-refractivity contribution in [3.05, 3.63) is 28.8 Å². The van der Waals surface area contributed by atoms with Gasteiger partial charge in [-0.1, -0.05) is 30.1 Å². The van der Waals surface area contributed by atoms with Crippen molar-refractivity contribution in [3.63, 3.8) is 0 Å². The lowest BCUT2D eigenvalue weighted by Crippen LogP contribution is -2.24. The minimum atomic E-state index is 0.00463. The first-order valence-electron chi connectivity index (χ1n) is 7.08. The molecule has 1 fully saturated rings. The van der Waals surface area contributed by atoms with E-state index >= 15 is 0 Å². The Kier molecular flexibility index (Phi) is 5.12. The third-order valence-electron chi connectivity index (χ3n) is 4.00. The van der Waals surface area contributed by atoms with E-state index < -0.39 is 0 Å². The van der Waals surface area contributed by atoms with Gasteiger partial charge in [-0.15, -0.1) is 0 Å². The van der Waals surface area contributed by atoms with Gasteiger partial charge in [-0.2, -0.15) is 0 Å². The first kappa shape index (κ1) is 15.0. The number of oxime groups is 1. The molecular weight excluding hydrogens is 276 g/mol. The number of halogens is 1. The fraction of sp³-hybridized carbons (Fsp3) is 0.533. The molecular formula is C15H21ClN2O2. The summed E-state index contributed by atoms with van der Waals surface area (Å²) in [4.78, 5) is 0. The number of hydrogen-bond acceptors (Lipinski definition) is 3. The molecule has 0 heterocycles.